The number of benzene rings is 1. The average Bonchev–Trinajstić information content (AvgIpc) is 2.72. The predicted molar refractivity (Wildman–Crippen MR) is 60.8 cm³/mol. The van der Waals surface area contributed by atoms with Gasteiger partial charge < -0.3 is 10.3 Å². The summed E-state index contributed by atoms with van der Waals surface area (Å²) in [4.78, 5) is 4.54. The summed E-state index contributed by atoms with van der Waals surface area (Å²) >= 11 is 0. The van der Waals surface area contributed by atoms with Crippen LogP contribution in [0.2, 0.25) is 0 Å². The standard InChI is InChI=1S/C11H12N4/c1-7-10(12)15-9-6-4-3-5-8(9)13-11(15)14(7)2/h3-6H,12H2,1-2H3. The van der Waals surface area contributed by atoms with Crippen LogP contribution < -0.4 is 5.73 Å². The van der Waals surface area contributed by atoms with Crippen LogP contribution in [0.25, 0.3) is 16.8 Å². The van der Waals surface area contributed by atoms with E-state index < -0.39 is 0 Å². The summed E-state index contributed by atoms with van der Waals surface area (Å²) in [6.07, 6.45) is 0. The molecule has 0 atom stereocenters. The number of nitrogens with zero attached hydrogens (tertiary/aromatic N) is 3. The lowest BCUT2D eigenvalue weighted by Crippen LogP contribution is -1.94. The monoisotopic (exact) mass is 200 g/mol. The maximum absolute atomic E-state index is 6.05. The van der Waals surface area contributed by atoms with Crippen LogP contribution in [0.4, 0.5) is 5.82 Å². The highest BCUT2D eigenvalue weighted by molar-refractivity contribution is 5.82. The van der Waals surface area contributed by atoms with Gasteiger partial charge in [0.1, 0.15) is 5.82 Å². The minimum absolute atomic E-state index is 0.765. The van der Waals surface area contributed by atoms with Crippen LogP contribution in [-0.4, -0.2) is 14.0 Å². The molecular weight excluding hydrogens is 188 g/mol. The van der Waals surface area contributed by atoms with E-state index in [1.807, 2.05) is 47.2 Å². The van der Waals surface area contributed by atoms with Gasteiger partial charge in [0, 0.05) is 7.05 Å². The number of anilines is 1. The van der Waals surface area contributed by atoms with E-state index in [1.54, 1.807) is 0 Å². The average molecular weight is 200 g/mol. The molecule has 0 bridgehead atoms. The molecule has 0 fully saturated rings. The van der Waals surface area contributed by atoms with Gasteiger partial charge in [-0.3, -0.25) is 4.40 Å². The van der Waals surface area contributed by atoms with E-state index in [9.17, 15) is 0 Å². The normalized spacial score (nSPS) is 11.6. The van der Waals surface area contributed by atoms with Crippen LogP contribution in [-0.2, 0) is 7.05 Å². The van der Waals surface area contributed by atoms with E-state index in [1.165, 1.54) is 0 Å². The van der Waals surface area contributed by atoms with Crippen LogP contribution in [0.1, 0.15) is 5.69 Å². The maximum Gasteiger partial charge on any atom is 0.216 e. The summed E-state index contributed by atoms with van der Waals surface area (Å²) in [5, 5.41) is 0. The summed E-state index contributed by atoms with van der Waals surface area (Å²) < 4.78 is 4.00. The zero-order valence-corrected chi connectivity index (χ0v) is 8.73. The minimum Gasteiger partial charge on any atom is -0.383 e. The smallest absolute Gasteiger partial charge is 0.216 e. The van der Waals surface area contributed by atoms with E-state index in [4.69, 9.17) is 5.73 Å². The van der Waals surface area contributed by atoms with Crippen molar-refractivity contribution in [2.45, 2.75) is 6.92 Å². The van der Waals surface area contributed by atoms with Crippen molar-refractivity contribution < 1.29 is 0 Å². The first kappa shape index (κ1) is 8.35. The second kappa shape index (κ2) is 2.53. The fraction of sp³-hybridized carbons (Fsp3) is 0.182. The fourth-order valence-corrected chi connectivity index (χ4v) is 1.96. The fourth-order valence-electron chi connectivity index (χ4n) is 1.96. The molecule has 0 saturated heterocycles. The van der Waals surface area contributed by atoms with Crippen molar-refractivity contribution in [2.75, 3.05) is 5.73 Å². The van der Waals surface area contributed by atoms with Crippen LogP contribution in [0.15, 0.2) is 24.3 Å². The van der Waals surface area contributed by atoms with Crippen molar-refractivity contribution >= 4 is 22.6 Å². The summed E-state index contributed by atoms with van der Waals surface area (Å²) in [7, 11) is 1.98. The van der Waals surface area contributed by atoms with Crippen molar-refractivity contribution in [3.63, 3.8) is 0 Å². The Kier molecular flexibility index (Phi) is 1.41. The maximum atomic E-state index is 6.05. The SMILES string of the molecule is Cc1c(N)n2c3ccccc3nc2n1C. The van der Waals surface area contributed by atoms with Gasteiger partial charge in [0.05, 0.1) is 16.7 Å². The molecule has 1 aromatic carbocycles. The Balaban J connectivity index is 2.65. The summed E-state index contributed by atoms with van der Waals surface area (Å²) in [6, 6.07) is 8.01. The number of aromatic nitrogens is 3. The van der Waals surface area contributed by atoms with Crippen LogP contribution in [0, 0.1) is 6.92 Å². The first-order chi connectivity index (χ1) is 7.20. The molecule has 4 nitrogen and oxygen atoms in total. The lowest BCUT2D eigenvalue weighted by atomic mass is 10.3. The molecule has 76 valence electrons. The van der Waals surface area contributed by atoms with Gasteiger partial charge >= 0.3 is 0 Å². The molecule has 2 heterocycles. The Labute approximate surface area is 86.9 Å². The molecule has 2 N–H and O–H groups in total. The predicted octanol–water partition coefficient (Wildman–Crippen LogP) is 1.72. The second-order valence-electron chi connectivity index (χ2n) is 3.77. The van der Waals surface area contributed by atoms with E-state index in [0.29, 0.717) is 0 Å². The van der Waals surface area contributed by atoms with Crippen LogP contribution in [0.5, 0.6) is 0 Å². The molecule has 0 radical (unpaired) electrons. The number of aryl methyl sites for hydroxylation is 1. The minimum atomic E-state index is 0.765. The molecule has 0 aliphatic heterocycles. The number of imidazole rings is 2. The number of hydrogen-bond donors (Lipinski definition) is 1. The van der Waals surface area contributed by atoms with Gasteiger partial charge in [-0.1, -0.05) is 12.1 Å². The quantitative estimate of drug-likeness (QED) is 0.600. The molecule has 4 heteroatoms. The van der Waals surface area contributed by atoms with Gasteiger partial charge in [0.25, 0.3) is 0 Å². The number of nitrogen functional groups attached to an aromatic ring is 1. The van der Waals surface area contributed by atoms with Crippen molar-refractivity contribution in [1.82, 2.24) is 14.0 Å². The van der Waals surface area contributed by atoms with Crippen molar-refractivity contribution in [3.05, 3.63) is 30.0 Å². The number of hydrogen-bond acceptors (Lipinski definition) is 2. The number of rotatable bonds is 0. The van der Waals surface area contributed by atoms with Crippen LogP contribution in [0.3, 0.4) is 0 Å². The molecule has 0 amide bonds. The number of fused-ring (bicyclic) bond motifs is 3. The van der Waals surface area contributed by atoms with E-state index in [2.05, 4.69) is 4.98 Å². The first-order valence-corrected chi connectivity index (χ1v) is 4.88. The topological polar surface area (TPSA) is 48.2 Å². The molecule has 0 aliphatic rings. The lowest BCUT2D eigenvalue weighted by molar-refractivity contribution is 0.900. The van der Waals surface area contributed by atoms with Gasteiger partial charge in [-0.2, -0.15) is 0 Å². The van der Waals surface area contributed by atoms with Gasteiger partial charge in [-0.25, -0.2) is 4.98 Å². The van der Waals surface area contributed by atoms with E-state index >= 15 is 0 Å². The Morgan fingerprint density at radius 3 is 2.80 bits per heavy atom. The molecule has 0 aliphatic carbocycles. The zero-order chi connectivity index (χ0) is 10.6. The Morgan fingerprint density at radius 1 is 1.27 bits per heavy atom. The first-order valence-electron chi connectivity index (χ1n) is 4.88. The van der Waals surface area contributed by atoms with Gasteiger partial charge in [0.2, 0.25) is 5.78 Å². The summed E-state index contributed by atoms with van der Waals surface area (Å²) in [5.74, 6) is 1.66. The van der Waals surface area contributed by atoms with E-state index in [-0.39, 0.29) is 0 Å². The van der Waals surface area contributed by atoms with Gasteiger partial charge in [-0.05, 0) is 19.1 Å². The molecule has 3 aromatic rings. The largest absolute Gasteiger partial charge is 0.383 e. The Hall–Kier alpha value is -1.97. The number of nitrogens with two attached hydrogens (primary N) is 1. The van der Waals surface area contributed by atoms with Crippen molar-refractivity contribution in [2.24, 2.45) is 7.05 Å². The Bertz CT molecular complexity index is 660. The molecular formula is C11H12N4. The molecule has 2 aromatic heterocycles. The Morgan fingerprint density at radius 2 is 2.00 bits per heavy atom. The van der Waals surface area contributed by atoms with Crippen molar-refractivity contribution in [3.8, 4) is 0 Å². The third-order valence-corrected chi connectivity index (χ3v) is 2.96. The van der Waals surface area contributed by atoms with Gasteiger partial charge in [-0.15, -0.1) is 0 Å². The third-order valence-electron chi connectivity index (χ3n) is 2.96. The van der Waals surface area contributed by atoms with Crippen molar-refractivity contribution in [1.29, 1.82) is 0 Å². The van der Waals surface area contributed by atoms with E-state index in [0.717, 1.165) is 28.3 Å². The highest BCUT2D eigenvalue weighted by Crippen LogP contribution is 2.23. The van der Waals surface area contributed by atoms with Crippen LogP contribution >= 0.6 is 0 Å². The molecule has 0 unspecified atom stereocenters. The zero-order valence-electron chi connectivity index (χ0n) is 8.73. The van der Waals surface area contributed by atoms with Gasteiger partial charge in [0.15, 0.2) is 0 Å². The molecule has 0 spiro atoms. The highest BCUT2D eigenvalue weighted by atomic mass is 15.2. The second-order valence-corrected chi connectivity index (χ2v) is 3.77. The summed E-state index contributed by atoms with van der Waals surface area (Å²) in [5.41, 5.74) is 9.14. The number of para-hydroxylation sites is 2. The molecule has 15 heavy (non-hydrogen) atoms. The molecule has 3 rings (SSSR count). The lowest BCUT2D eigenvalue weighted by Gasteiger charge is -1.95. The summed E-state index contributed by atoms with van der Waals surface area (Å²) in [6.45, 7) is 2.00. The molecule has 0 saturated carbocycles. The highest BCUT2D eigenvalue weighted by Gasteiger charge is 2.13. The third kappa shape index (κ3) is 0.883.